The number of carbonyl (C=O) groups excluding carboxylic acids is 2. The normalized spacial score (nSPS) is 16.2. The summed E-state index contributed by atoms with van der Waals surface area (Å²) >= 11 is 12.7. The molecule has 0 bridgehead atoms. The number of carbonyl (C=O) groups is 2. The Morgan fingerprint density at radius 3 is 1.69 bits per heavy atom. The van der Waals surface area contributed by atoms with Gasteiger partial charge in [0.1, 0.15) is 0 Å². The second-order valence-electron chi connectivity index (χ2n) is 7.39. The van der Waals surface area contributed by atoms with Gasteiger partial charge >= 0.3 is 0 Å². The molecule has 4 rings (SSSR count). The Labute approximate surface area is 210 Å². The summed E-state index contributed by atoms with van der Waals surface area (Å²) in [5.41, 5.74) is 2.34. The molecule has 2 fully saturated rings. The van der Waals surface area contributed by atoms with Crippen LogP contribution in [0.1, 0.15) is 26.3 Å². The first kappa shape index (κ1) is 25.2. The summed E-state index contributed by atoms with van der Waals surface area (Å²) in [5.74, 6) is 0.0779. The highest BCUT2D eigenvalue weighted by molar-refractivity contribution is 9.10. The molecule has 0 aromatic heterocycles. The Morgan fingerprint density at radius 2 is 1.22 bits per heavy atom. The van der Waals surface area contributed by atoms with Gasteiger partial charge in [-0.15, -0.1) is 0 Å². The van der Waals surface area contributed by atoms with Crippen LogP contribution in [-0.2, 0) is 9.47 Å². The highest BCUT2D eigenvalue weighted by Gasteiger charge is 2.21. The number of nitrogens with zero attached hydrogens (tertiary/aromatic N) is 2. The standard InChI is InChI=1S/C12H14BrNO2.C11H11BrClNO2/c1-9-8-10(13)2-3-11(9)12(15)14-4-6-16-7-5-14;12-8-1-2-9(10(13)7-8)11(15)14-3-5-16-6-4-14/h2-3,8H,4-7H2,1H3;1-2,7H,3-6H2. The van der Waals surface area contributed by atoms with E-state index in [9.17, 15) is 9.59 Å². The molecule has 2 aromatic carbocycles. The lowest BCUT2D eigenvalue weighted by Crippen LogP contribution is -2.40. The predicted octanol–water partition coefficient (Wildman–Crippen LogP) is 4.80. The number of halogens is 3. The van der Waals surface area contributed by atoms with Crippen molar-refractivity contribution in [3.63, 3.8) is 0 Å². The first-order chi connectivity index (χ1) is 15.4. The van der Waals surface area contributed by atoms with Gasteiger partial charge in [-0.2, -0.15) is 0 Å². The molecule has 32 heavy (non-hydrogen) atoms. The van der Waals surface area contributed by atoms with E-state index in [1.165, 1.54) is 0 Å². The minimum absolute atomic E-state index is 0.0270. The lowest BCUT2D eigenvalue weighted by molar-refractivity contribution is 0.0301. The summed E-state index contributed by atoms with van der Waals surface area (Å²) in [5, 5.41) is 0.478. The Hall–Kier alpha value is -1.45. The minimum Gasteiger partial charge on any atom is -0.378 e. The molecule has 2 amide bonds. The summed E-state index contributed by atoms with van der Waals surface area (Å²) < 4.78 is 12.3. The lowest BCUT2D eigenvalue weighted by atomic mass is 10.1. The second kappa shape index (κ2) is 12.1. The Morgan fingerprint density at radius 1 is 0.781 bits per heavy atom. The number of benzene rings is 2. The topological polar surface area (TPSA) is 59.1 Å². The van der Waals surface area contributed by atoms with E-state index in [1.54, 1.807) is 17.0 Å². The third-order valence-electron chi connectivity index (χ3n) is 5.18. The third-order valence-corrected chi connectivity index (χ3v) is 6.48. The van der Waals surface area contributed by atoms with E-state index in [-0.39, 0.29) is 11.8 Å². The van der Waals surface area contributed by atoms with Crippen LogP contribution in [0.15, 0.2) is 45.3 Å². The number of rotatable bonds is 2. The van der Waals surface area contributed by atoms with Crippen LogP contribution in [0, 0.1) is 6.92 Å². The molecule has 2 aromatic rings. The van der Waals surface area contributed by atoms with Gasteiger partial charge in [-0.05, 0) is 48.9 Å². The molecule has 0 atom stereocenters. The summed E-state index contributed by atoms with van der Waals surface area (Å²) in [4.78, 5) is 27.9. The second-order valence-corrected chi connectivity index (χ2v) is 9.63. The fraction of sp³-hybridized carbons (Fsp3) is 0.391. The van der Waals surface area contributed by atoms with Gasteiger partial charge in [0.25, 0.3) is 11.8 Å². The first-order valence-corrected chi connectivity index (χ1v) is 12.3. The Kier molecular flexibility index (Phi) is 9.55. The van der Waals surface area contributed by atoms with Crippen molar-refractivity contribution in [1.82, 2.24) is 9.80 Å². The van der Waals surface area contributed by atoms with Crippen molar-refractivity contribution >= 4 is 55.3 Å². The van der Waals surface area contributed by atoms with Crippen LogP contribution in [0.2, 0.25) is 5.02 Å². The summed E-state index contributed by atoms with van der Waals surface area (Å²) in [7, 11) is 0. The average molecular weight is 589 g/mol. The van der Waals surface area contributed by atoms with Gasteiger partial charge in [0, 0.05) is 40.7 Å². The maximum Gasteiger partial charge on any atom is 0.255 e. The molecule has 2 aliphatic heterocycles. The van der Waals surface area contributed by atoms with Gasteiger partial charge in [-0.1, -0.05) is 43.5 Å². The van der Waals surface area contributed by atoms with Crippen molar-refractivity contribution in [2.24, 2.45) is 0 Å². The molecular weight excluding hydrogens is 564 g/mol. The maximum absolute atomic E-state index is 12.2. The molecule has 9 heteroatoms. The molecule has 0 aliphatic carbocycles. The number of hydrogen-bond acceptors (Lipinski definition) is 4. The number of hydrogen-bond donors (Lipinski definition) is 0. The van der Waals surface area contributed by atoms with E-state index in [4.69, 9.17) is 21.1 Å². The third kappa shape index (κ3) is 6.78. The number of amides is 2. The van der Waals surface area contributed by atoms with Gasteiger partial charge < -0.3 is 19.3 Å². The summed E-state index contributed by atoms with van der Waals surface area (Å²) in [6.07, 6.45) is 0. The Bertz CT molecular complexity index is 884. The van der Waals surface area contributed by atoms with Crippen molar-refractivity contribution in [2.45, 2.75) is 6.92 Å². The van der Waals surface area contributed by atoms with Crippen LogP contribution in [0.4, 0.5) is 0 Å². The molecule has 0 spiro atoms. The first-order valence-electron chi connectivity index (χ1n) is 10.3. The van der Waals surface area contributed by atoms with Crippen LogP contribution in [-0.4, -0.2) is 74.2 Å². The van der Waals surface area contributed by atoms with Crippen LogP contribution in [0.25, 0.3) is 0 Å². The van der Waals surface area contributed by atoms with E-state index in [2.05, 4.69) is 31.9 Å². The predicted molar refractivity (Wildman–Crippen MR) is 131 cm³/mol. The quantitative estimate of drug-likeness (QED) is 0.506. The molecular formula is C23H25Br2ClN2O4. The SMILES string of the molecule is Cc1cc(Br)ccc1C(=O)N1CCOCC1.O=C(c1ccc(Br)cc1Cl)N1CCOCC1. The molecule has 0 saturated carbocycles. The maximum atomic E-state index is 12.2. The number of aryl methyl sites for hydroxylation is 1. The fourth-order valence-corrected chi connectivity index (χ4v) is 4.63. The fourth-order valence-electron chi connectivity index (χ4n) is 3.40. The smallest absolute Gasteiger partial charge is 0.255 e. The molecule has 2 saturated heterocycles. The van der Waals surface area contributed by atoms with Gasteiger partial charge in [-0.3, -0.25) is 9.59 Å². The average Bonchev–Trinajstić information content (AvgIpc) is 2.80. The van der Waals surface area contributed by atoms with Crippen molar-refractivity contribution in [1.29, 1.82) is 0 Å². The number of morpholine rings is 2. The van der Waals surface area contributed by atoms with E-state index in [0.717, 1.165) is 20.1 Å². The minimum atomic E-state index is -0.0270. The molecule has 0 radical (unpaired) electrons. The molecule has 2 aliphatic rings. The lowest BCUT2D eigenvalue weighted by Gasteiger charge is -2.27. The van der Waals surface area contributed by atoms with E-state index in [0.29, 0.717) is 63.2 Å². The summed E-state index contributed by atoms with van der Waals surface area (Å²) in [6.45, 7) is 7.07. The highest BCUT2D eigenvalue weighted by Crippen LogP contribution is 2.23. The zero-order valence-electron chi connectivity index (χ0n) is 17.8. The van der Waals surface area contributed by atoms with Crippen molar-refractivity contribution in [2.75, 3.05) is 52.6 Å². The van der Waals surface area contributed by atoms with E-state index < -0.39 is 0 Å². The number of ether oxygens (including phenoxy) is 2. The highest BCUT2D eigenvalue weighted by atomic mass is 79.9. The van der Waals surface area contributed by atoms with Gasteiger partial charge in [0.2, 0.25) is 0 Å². The van der Waals surface area contributed by atoms with Gasteiger partial charge in [0.15, 0.2) is 0 Å². The molecule has 0 N–H and O–H groups in total. The van der Waals surface area contributed by atoms with Gasteiger partial charge in [-0.25, -0.2) is 0 Å². The zero-order chi connectivity index (χ0) is 23.1. The largest absolute Gasteiger partial charge is 0.378 e. The van der Waals surface area contributed by atoms with Crippen LogP contribution in [0.3, 0.4) is 0 Å². The molecule has 172 valence electrons. The molecule has 0 unspecified atom stereocenters. The van der Waals surface area contributed by atoms with Crippen molar-refractivity contribution < 1.29 is 19.1 Å². The van der Waals surface area contributed by atoms with Crippen molar-refractivity contribution in [3.8, 4) is 0 Å². The summed E-state index contributed by atoms with van der Waals surface area (Å²) in [6, 6.07) is 11.0. The van der Waals surface area contributed by atoms with Gasteiger partial charge in [0.05, 0.1) is 37.0 Å². The van der Waals surface area contributed by atoms with Crippen LogP contribution in [0.5, 0.6) is 0 Å². The van der Waals surface area contributed by atoms with E-state index >= 15 is 0 Å². The van der Waals surface area contributed by atoms with Crippen molar-refractivity contribution in [3.05, 3.63) is 67.1 Å². The monoisotopic (exact) mass is 586 g/mol. The van der Waals surface area contributed by atoms with Crippen LogP contribution >= 0.6 is 43.5 Å². The van der Waals surface area contributed by atoms with E-state index in [1.807, 2.05) is 36.1 Å². The zero-order valence-corrected chi connectivity index (χ0v) is 21.7. The Balaban J connectivity index is 0.000000181. The van der Waals surface area contributed by atoms with Crippen LogP contribution < -0.4 is 0 Å². The molecule has 2 heterocycles. The molecule has 6 nitrogen and oxygen atoms in total.